The maximum atomic E-state index is 13.8. The maximum Gasteiger partial charge on any atom is 0.264 e. The standard InChI is InChI=1S/C16H18F2N2O3S/c1-16(2,3)10-7-13(15(23-4)19-9-10)20-24(21,22)14-6-5-11(17)8-12(14)18/h5-9,20H,1-4H3. The van der Waals surface area contributed by atoms with E-state index >= 15 is 0 Å². The van der Waals surface area contributed by atoms with Gasteiger partial charge in [-0.2, -0.15) is 0 Å². The van der Waals surface area contributed by atoms with Gasteiger partial charge in [0, 0.05) is 12.3 Å². The topological polar surface area (TPSA) is 68.3 Å². The molecule has 0 radical (unpaired) electrons. The predicted molar refractivity (Wildman–Crippen MR) is 86.7 cm³/mol. The zero-order chi connectivity index (χ0) is 18.1. The molecule has 0 saturated carbocycles. The van der Waals surface area contributed by atoms with Crippen molar-refractivity contribution >= 4 is 15.7 Å². The predicted octanol–water partition coefficient (Wildman–Crippen LogP) is 3.47. The number of nitrogens with zero attached hydrogens (tertiary/aromatic N) is 1. The van der Waals surface area contributed by atoms with E-state index in [9.17, 15) is 17.2 Å². The fraction of sp³-hybridized carbons (Fsp3) is 0.312. The molecule has 0 atom stereocenters. The van der Waals surface area contributed by atoms with Crippen LogP contribution in [0.4, 0.5) is 14.5 Å². The number of hydrogen-bond acceptors (Lipinski definition) is 4. The number of anilines is 1. The van der Waals surface area contributed by atoms with Crippen LogP contribution >= 0.6 is 0 Å². The van der Waals surface area contributed by atoms with Crippen LogP contribution in [0.1, 0.15) is 26.3 Å². The zero-order valence-electron chi connectivity index (χ0n) is 13.7. The fourth-order valence-electron chi connectivity index (χ4n) is 1.99. The molecule has 0 unspecified atom stereocenters. The van der Waals surface area contributed by atoms with Gasteiger partial charge in [0.15, 0.2) is 0 Å². The Morgan fingerprint density at radius 3 is 2.38 bits per heavy atom. The molecule has 8 heteroatoms. The number of halogens is 2. The van der Waals surface area contributed by atoms with Gasteiger partial charge < -0.3 is 4.74 Å². The molecule has 2 rings (SSSR count). The van der Waals surface area contributed by atoms with E-state index in [0.29, 0.717) is 6.07 Å². The first-order valence-corrected chi connectivity index (χ1v) is 8.55. The van der Waals surface area contributed by atoms with Crippen molar-refractivity contribution in [1.82, 2.24) is 4.98 Å². The van der Waals surface area contributed by atoms with Crippen molar-refractivity contribution < 1.29 is 21.9 Å². The molecule has 0 aliphatic carbocycles. The second kappa shape index (κ2) is 6.35. The molecule has 1 N–H and O–H groups in total. The molecule has 130 valence electrons. The summed E-state index contributed by atoms with van der Waals surface area (Å²) < 4.78 is 58.9. The summed E-state index contributed by atoms with van der Waals surface area (Å²) in [5, 5.41) is 0. The molecule has 0 aliphatic heterocycles. The molecule has 1 aromatic heterocycles. The lowest BCUT2D eigenvalue weighted by molar-refractivity contribution is 0.399. The van der Waals surface area contributed by atoms with Crippen LogP contribution in [0, 0.1) is 11.6 Å². The molecular formula is C16H18F2N2O3S. The minimum absolute atomic E-state index is 0.0501. The number of ether oxygens (including phenoxy) is 1. The molecular weight excluding hydrogens is 338 g/mol. The highest BCUT2D eigenvalue weighted by molar-refractivity contribution is 7.92. The number of methoxy groups -OCH3 is 1. The molecule has 0 aliphatic rings. The molecule has 1 heterocycles. The molecule has 0 bridgehead atoms. The summed E-state index contributed by atoms with van der Waals surface area (Å²) in [6.07, 6.45) is 1.58. The average molecular weight is 356 g/mol. The van der Waals surface area contributed by atoms with Gasteiger partial charge in [0.05, 0.1) is 7.11 Å². The van der Waals surface area contributed by atoms with Gasteiger partial charge >= 0.3 is 0 Å². The van der Waals surface area contributed by atoms with E-state index in [1.807, 2.05) is 20.8 Å². The Bertz CT molecular complexity index is 862. The smallest absolute Gasteiger partial charge is 0.264 e. The summed E-state index contributed by atoms with van der Waals surface area (Å²) in [6, 6.07) is 3.82. The number of sulfonamides is 1. The van der Waals surface area contributed by atoms with Crippen LogP contribution < -0.4 is 9.46 Å². The van der Waals surface area contributed by atoms with Crippen LogP contribution in [-0.4, -0.2) is 20.5 Å². The third kappa shape index (κ3) is 3.81. The van der Waals surface area contributed by atoms with E-state index in [4.69, 9.17) is 4.74 Å². The first-order chi connectivity index (χ1) is 11.0. The van der Waals surface area contributed by atoms with Crippen molar-refractivity contribution in [2.24, 2.45) is 0 Å². The number of hydrogen-bond donors (Lipinski definition) is 1. The van der Waals surface area contributed by atoms with Crippen LogP contribution in [0.5, 0.6) is 5.88 Å². The van der Waals surface area contributed by atoms with E-state index in [0.717, 1.165) is 17.7 Å². The van der Waals surface area contributed by atoms with E-state index < -0.39 is 26.6 Å². The summed E-state index contributed by atoms with van der Waals surface area (Å²) in [7, 11) is -2.92. The van der Waals surface area contributed by atoms with Crippen molar-refractivity contribution in [2.75, 3.05) is 11.8 Å². The Hall–Kier alpha value is -2.22. The van der Waals surface area contributed by atoms with Gasteiger partial charge in [0.2, 0.25) is 5.88 Å². The van der Waals surface area contributed by atoms with Gasteiger partial charge in [0.1, 0.15) is 22.2 Å². The van der Waals surface area contributed by atoms with Gasteiger partial charge in [-0.15, -0.1) is 0 Å². The molecule has 0 amide bonds. The number of aromatic nitrogens is 1. The Morgan fingerprint density at radius 2 is 1.83 bits per heavy atom. The quantitative estimate of drug-likeness (QED) is 0.911. The molecule has 2 aromatic rings. The average Bonchev–Trinajstić information content (AvgIpc) is 2.45. The van der Waals surface area contributed by atoms with Crippen molar-refractivity contribution in [1.29, 1.82) is 0 Å². The summed E-state index contributed by atoms with van der Waals surface area (Å²) in [5.74, 6) is -1.99. The second-order valence-corrected chi connectivity index (χ2v) is 7.86. The normalized spacial score (nSPS) is 12.1. The zero-order valence-corrected chi connectivity index (χ0v) is 14.5. The van der Waals surface area contributed by atoms with Crippen molar-refractivity contribution in [3.8, 4) is 5.88 Å². The Balaban J connectivity index is 2.49. The van der Waals surface area contributed by atoms with E-state index in [-0.39, 0.29) is 17.0 Å². The molecule has 0 saturated heterocycles. The van der Waals surface area contributed by atoms with E-state index in [2.05, 4.69) is 9.71 Å². The van der Waals surface area contributed by atoms with E-state index in [1.165, 1.54) is 7.11 Å². The van der Waals surface area contributed by atoms with Crippen molar-refractivity contribution in [3.05, 3.63) is 47.7 Å². The minimum Gasteiger partial charge on any atom is -0.480 e. The van der Waals surface area contributed by atoms with Gasteiger partial charge in [0.25, 0.3) is 10.0 Å². The number of pyridine rings is 1. The van der Waals surface area contributed by atoms with Crippen LogP contribution in [0.15, 0.2) is 35.4 Å². The number of benzene rings is 1. The monoisotopic (exact) mass is 356 g/mol. The minimum atomic E-state index is -4.27. The van der Waals surface area contributed by atoms with Gasteiger partial charge in [-0.25, -0.2) is 22.2 Å². The molecule has 0 fully saturated rings. The first kappa shape index (κ1) is 18.1. The highest BCUT2D eigenvalue weighted by atomic mass is 32.2. The maximum absolute atomic E-state index is 13.8. The second-order valence-electron chi connectivity index (χ2n) is 6.21. The van der Waals surface area contributed by atoms with Crippen LogP contribution in [0.2, 0.25) is 0 Å². The van der Waals surface area contributed by atoms with Crippen LogP contribution in [0.25, 0.3) is 0 Å². The lowest BCUT2D eigenvalue weighted by Crippen LogP contribution is -2.17. The highest BCUT2D eigenvalue weighted by Crippen LogP contribution is 2.31. The Morgan fingerprint density at radius 1 is 1.17 bits per heavy atom. The lowest BCUT2D eigenvalue weighted by Gasteiger charge is -2.20. The SMILES string of the molecule is COc1ncc(C(C)(C)C)cc1NS(=O)(=O)c1ccc(F)cc1F. The molecule has 24 heavy (non-hydrogen) atoms. The molecule has 5 nitrogen and oxygen atoms in total. The van der Waals surface area contributed by atoms with Crippen LogP contribution in [0.3, 0.4) is 0 Å². The summed E-state index contributed by atoms with van der Waals surface area (Å²) >= 11 is 0. The van der Waals surface area contributed by atoms with Gasteiger partial charge in [-0.1, -0.05) is 20.8 Å². The summed E-state index contributed by atoms with van der Waals surface area (Å²) in [6.45, 7) is 5.82. The highest BCUT2D eigenvalue weighted by Gasteiger charge is 2.23. The van der Waals surface area contributed by atoms with Crippen LogP contribution in [-0.2, 0) is 15.4 Å². The third-order valence-corrected chi connectivity index (χ3v) is 4.74. The molecule has 0 spiro atoms. The third-order valence-electron chi connectivity index (χ3n) is 3.34. The van der Waals surface area contributed by atoms with Crippen molar-refractivity contribution in [2.45, 2.75) is 31.1 Å². The van der Waals surface area contributed by atoms with E-state index in [1.54, 1.807) is 12.3 Å². The lowest BCUT2D eigenvalue weighted by atomic mass is 9.88. The van der Waals surface area contributed by atoms with Crippen molar-refractivity contribution in [3.63, 3.8) is 0 Å². The fourth-order valence-corrected chi connectivity index (χ4v) is 3.10. The summed E-state index contributed by atoms with van der Waals surface area (Å²) in [5.41, 5.74) is 0.565. The molecule has 1 aromatic carbocycles. The largest absolute Gasteiger partial charge is 0.480 e. The number of rotatable bonds is 4. The number of nitrogens with one attached hydrogen (secondary N) is 1. The van der Waals surface area contributed by atoms with Gasteiger partial charge in [-0.05, 0) is 29.2 Å². The summed E-state index contributed by atoms with van der Waals surface area (Å²) in [4.78, 5) is 3.41. The first-order valence-electron chi connectivity index (χ1n) is 7.07. The Labute approximate surface area is 139 Å². The Kier molecular flexibility index (Phi) is 4.80. The van der Waals surface area contributed by atoms with Gasteiger partial charge in [-0.3, -0.25) is 4.72 Å².